The van der Waals surface area contributed by atoms with Gasteiger partial charge in [-0.2, -0.15) is 0 Å². The summed E-state index contributed by atoms with van der Waals surface area (Å²) < 4.78 is 4.64. The van der Waals surface area contributed by atoms with Crippen molar-refractivity contribution >= 4 is 12.2 Å². The second-order valence-corrected chi connectivity index (χ2v) is 7.30. The fourth-order valence-corrected chi connectivity index (χ4v) is 3.98. The number of aromatic nitrogens is 2. The molecule has 2 heterocycles. The van der Waals surface area contributed by atoms with Crippen molar-refractivity contribution in [3.63, 3.8) is 0 Å². The predicted molar refractivity (Wildman–Crippen MR) is 115 cm³/mol. The van der Waals surface area contributed by atoms with E-state index < -0.39 is 11.7 Å². The molecule has 1 aliphatic heterocycles. The molecule has 0 bridgehead atoms. The summed E-state index contributed by atoms with van der Waals surface area (Å²) in [4.78, 5) is 30.1. The second kappa shape index (κ2) is 7.53. The van der Waals surface area contributed by atoms with Crippen LogP contribution in [0.3, 0.4) is 0 Å². The summed E-state index contributed by atoms with van der Waals surface area (Å²) in [6.45, 7) is 0. The van der Waals surface area contributed by atoms with E-state index in [9.17, 15) is 14.7 Å². The maximum absolute atomic E-state index is 11.6. The highest BCUT2D eigenvalue weighted by Gasteiger charge is 2.25. The first-order chi connectivity index (χ1) is 15.1. The lowest BCUT2D eigenvalue weighted by Crippen LogP contribution is -2.07. The molecule has 1 aliphatic rings. The van der Waals surface area contributed by atoms with Gasteiger partial charge in [0.15, 0.2) is 5.82 Å². The summed E-state index contributed by atoms with van der Waals surface area (Å²) in [6, 6.07) is 20.6. The van der Waals surface area contributed by atoms with E-state index in [0.717, 1.165) is 33.4 Å². The third-order valence-corrected chi connectivity index (χ3v) is 5.41. The van der Waals surface area contributed by atoms with Crippen LogP contribution in [0.15, 0.2) is 81.0 Å². The van der Waals surface area contributed by atoms with Crippen molar-refractivity contribution in [3.8, 4) is 22.5 Å². The number of hydrogen-bond acceptors (Lipinski definition) is 5. The first-order valence-corrected chi connectivity index (χ1v) is 9.74. The third-order valence-electron chi connectivity index (χ3n) is 5.41. The minimum absolute atomic E-state index is 0.222. The van der Waals surface area contributed by atoms with Crippen molar-refractivity contribution < 1.29 is 14.4 Å². The number of aromatic carboxylic acids is 1. The normalized spacial score (nSPS) is 14.5. The largest absolute Gasteiger partial charge is 0.478 e. The van der Waals surface area contributed by atoms with Crippen LogP contribution >= 0.6 is 0 Å². The minimum atomic E-state index is -0.940. The van der Waals surface area contributed by atoms with Gasteiger partial charge >= 0.3 is 11.7 Å². The van der Waals surface area contributed by atoms with Crippen LogP contribution in [0.4, 0.5) is 0 Å². The van der Waals surface area contributed by atoms with Crippen LogP contribution in [0, 0.1) is 0 Å². The zero-order valence-electron chi connectivity index (χ0n) is 16.3. The summed E-state index contributed by atoms with van der Waals surface area (Å²) in [7, 11) is 0. The van der Waals surface area contributed by atoms with Gasteiger partial charge in [0, 0.05) is 17.3 Å². The molecule has 152 valence electrons. The summed E-state index contributed by atoms with van der Waals surface area (Å²) in [5, 5.41) is 13.3. The standard InChI is InChI=1S/C24H17N3O4/c28-23(29)19-7-3-4-16-13-25-20(21(16)19)12-14-8-10-15(11-9-14)17-5-1-2-6-18(17)22-26-24(30)31-27-22/h1-11,13,20H,12H2,(H,28,29)(H,26,27,30). The molecule has 0 saturated carbocycles. The molecule has 1 atom stereocenters. The van der Waals surface area contributed by atoms with Gasteiger partial charge in [0.25, 0.3) is 0 Å². The molecule has 0 radical (unpaired) electrons. The number of nitrogens with one attached hydrogen (secondary N) is 1. The van der Waals surface area contributed by atoms with Gasteiger partial charge in [0.2, 0.25) is 0 Å². The lowest BCUT2D eigenvalue weighted by Gasteiger charge is -2.13. The van der Waals surface area contributed by atoms with Crippen LogP contribution in [0.5, 0.6) is 0 Å². The SMILES string of the molecule is O=C(O)c1cccc2c1C(Cc1ccc(-c3ccccc3-c3noc(=O)[nH]3)cc1)N=C2. The lowest BCUT2D eigenvalue weighted by atomic mass is 9.92. The number of H-pyrrole nitrogens is 1. The number of rotatable bonds is 5. The summed E-state index contributed by atoms with van der Waals surface area (Å²) in [6.07, 6.45) is 2.35. The van der Waals surface area contributed by atoms with Crippen LogP contribution in [-0.4, -0.2) is 27.4 Å². The van der Waals surface area contributed by atoms with E-state index in [0.29, 0.717) is 17.8 Å². The number of carboxylic acid groups (broad SMARTS) is 1. The molecule has 1 unspecified atom stereocenters. The molecule has 1 aromatic heterocycles. The van der Waals surface area contributed by atoms with E-state index in [-0.39, 0.29) is 6.04 Å². The van der Waals surface area contributed by atoms with Crippen molar-refractivity contribution in [1.82, 2.24) is 10.1 Å². The van der Waals surface area contributed by atoms with Crippen LogP contribution in [0.1, 0.15) is 33.1 Å². The Kier molecular flexibility index (Phi) is 4.55. The minimum Gasteiger partial charge on any atom is -0.478 e. The average Bonchev–Trinajstić information content (AvgIpc) is 3.40. The molecule has 7 heteroatoms. The average molecular weight is 411 g/mol. The number of aromatic amines is 1. The quantitative estimate of drug-likeness (QED) is 0.514. The highest BCUT2D eigenvalue weighted by Crippen LogP contribution is 2.34. The highest BCUT2D eigenvalue weighted by molar-refractivity contribution is 5.96. The molecular weight excluding hydrogens is 394 g/mol. The van der Waals surface area contributed by atoms with Crippen molar-refractivity contribution in [2.45, 2.75) is 12.5 Å². The molecule has 0 amide bonds. The molecule has 4 aromatic rings. The molecular formula is C24H17N3O4. The fraction of sp³-hybridized carbons (Fsp3) is 0.0833. The summed E-state index contributed by atoms with van der Waals surface area (Å²) >= 11 is 0. The van der Waals surface area contributed by atoms with Crippen LogP contribution < -0.4 is 5.76 Å². The molecule has 5 rings (SSSR count). The van der Waals surface area contributed by atoms with Crippen LogP contribution in [0.2, 0.25) is 0 Å². The maximum atomic E-state index is 11.6. The van der Waals surface area contributed by atoms with E-state index >= 15 is 0 Å². The van der Waals surface area contributed by atoms with Gasteiger partial charge in [0.05, 0.1) is 11.6 Å². The van der Waals surface area contributed by atoms with Crippen molar-refractivity contribution in [2.24, 2.45) is 4.99 Å². The number of carbonyl (C=O) groups is 1. The van der Waals surface area contributed by atoms with Gasteiger partial charge in [-0.05, 0) is 34.7 Å². The molecule has 0 fully saturated rings. The second-order valence-electron chi connectivity index (χ2n) is 7.30. The van der Waals surface area contributed by atoms with Gasteiger partial charge in [-0.3, -0.25) is 14.5 Å². The van der Waals surface area contributed by atoms with Crippen molar-refractivity contribution in [2.75, 3.05) is 0 Å². The van der Waals surface area contributed by atoms with Crippen molar-refractivity contribution in [3.05, 3.63) is 99.5 Å². The topological polar surface area (TPSA) is 109 Å². The van der Waals surface area contributed by atoms with Crippen molar-refractivity contribution in [1.29, 1.82) is 0 Å². The molecule has 0 aliphatic carbocycles. The Bertz CT molecular complexity index is 1370. The summed E-state index contributed by atoms with van der Waals surface area (Å²) in [5.74, 6) is -1.16. The van der Waals surface area contributed by atoms with E-state index in [2.05, 4.69) is 19.7 Å². The van der Waals surface area contributed by atoms with Crippen LogP contribution in [0.25, 0.3) is 22.5 Å². The van der Waals surface area contributed by atoms with E-state index in [1.807, 2.05) is 54.6 Å². The molecule has 7 nitrogen and oxygen atoms in total. The number of nitrogens with zero attached hydrogens (tertiary/aromatic N) is 2. The Morgan fingerprint density at radius 1 is 1.00 bits per heavy atom. The number of aliphatic imine (C=N–C) groups is 1. The van der Waals surface area contributed by atoms with Gasteiger partial charge in [-0.1, -0.05) is 65.8 Å². The van der Waals surface area contributed by atoms with E-state index in [1.165, 1.54) is 0 Å². The Hall–Kier alpha value is -4.26. The highest BCUT2D eigenvalue weighted by atomic mass is 16.5. The Labute approximate surface area is 176 Å². The number of hydrogen-bond donors (Lipinski definition) is 2. The van der Waals surface area contributed by atoms with Gasteiger partial charge < -0.3 is 5.11 Å². The van der Waals surface area contributed by atoms with Crippen LogP contribution in [-0.2, 0) is 6.42 Å². The number of benzene rings is 3. The zero-order chi connectivity index (χ0) is 21.4. The van der Waals surface area contributed by atoms with Gasteiger partial charge in [0.1, 0.15) is 0 Å². The van der Waals surface area contributed by atoms with E-state index in [1.54, 1.807) is 18.3 Å². The number of fused-ring (bicyclic) bond motifs is 1. The Morgan fingerprint density at radius 3 is 2.48 bits per heavy atom. The third kappa shape index (κ3) is 3.46. The first-order valence-electron chi connectivity index (χ1n) is 9.74. The predicted octanol–water partition coefficient (Wildman–Crippen LogP) is 4.11. The summed E-state index contributed by atoms with van der Waals surface area (Å²) in [5.41, 5.74) is 5.61. The van der Waals surface area contributed by atoms with Gasteiger partial charge in [-0.25, -0.2) is 9.59 Å². The molecule has 0 spiro atoms. The Morgan fingerprint density at radius 2 is 1.77 bits per heavy atom. The Balaban J connectivity index is 1.43. The maximum Gasteiger partial charge on any atom is 0.439 e. The molecule has 0 saturated heterocycles. The van der Waals surface area contributed by atoms with Gasteiger partial charge in [-0.15, -0.1) is 0 Å². The van der Waals surface area contributed by atoms with E-state index in [4.69, 9.17) is 0 Å². The number of carboxylic acids is 1. The molecule has 3 aromatic carbocycles. The molecule has 31 heavy (non-hydrogen) atoms. The lowest BCUT2D eigenvalue weighted by molar-refractivity contribution is 0.0695. The first kappa shape index (κ1) is 18.7. The molecule has 2 N–H and O–H groups in total. The zero-order valence-corrected chi connectivity index (χ0v) is 16.3. The monoisotopic (exact) mass is 411 g/mol. The smallest absolute Gasteiger partial charge is 0.439 e. The fourth-order valence-electron chi connectivity index (χ4n) is 3.98.